The van der Waals surface area contributed by atoms with Crippen LogP contribution in [0.1, 0.15) is 32.3 Å². The molecule has 0 heterocycles. The monoisotopic (exact) mass is 331 g/mol. The van der Waals surface area contributed by atoms with Gasteiger partial charge in [0.1, 0.15) is 13.2 Å². The van der Waals surface area contributed by atoms with Gasteiger partial charge in [0.15, 0.2) is 0 Å². The molecule has 0 unspecified atom stereocenters. The number of hydrogen-bond donors (Lipinski definition) is 1. The van der Waals surface area contributed by atoms with E-state index in [9.17, 15) is 9.59 Å². The Morgan fingerprint density at radius 1 is 1.29 bits per heavy atom. The van der Waals surface area contributed by atoms with Crippen LogP contribution in [-0.4, -0.2) is 18.4 Å². The molecule has 0 atom stereocenters. The van der Waals surface area contributed by atoms with Crippen LogP contribution in [0, 0.1) is 5.92 Å². The van der Waals surface area contributed by atoms with E-state index in [1.54, 1.807) is 18.2 Å². The van der Waals surface area contributed by atoms with Crippen molar-refractivity contribution in [2.75, 3.05) is 6.54 Å². The quantitative estimate of drug-likeness (QED) is 0.777. The second-order valence-electron chi connectivity index (χ2n) is 5.11. The number of carbonyl (C=O) groups excluding carboxylic acids is 2. The number of esters is 1. The lowest BCUT2D eigenvalue weighted by Crippen LogP contribution is -2.30. The molecule has 0 saturated carbocycles. The predicted octanol–water partition coefficient (Wildman–Crippen LogP) is 3.59. The smallest absolute Gasteiger partial charge is 0.325 e. The van der Waals surface area contributed by atoms with Gasteiger partial charge < -0.3 is 10.1 Å². The average Bonchev–Trinajstić information content (AvgIpc) is 2.41. The Labute approximate surface area is 134 Å². The molecule has 0 saturated heterocycles. The summed E-state index contributed by atoms with van der Waals surface area (Å²) in [6.07, 6.45) is 1.20. The van der Waals surface area contributed by atoms with Crippen molar-refractivity contribution in [1.29, 1.82) is 0 Å². The fourth-order valence-corrected chi connectivity index (χ4v) is 1.99. The molecule has 0 spiro atoms. The first kappa shape index (κ1) is 17.8. The predicted molar refractivity (Wildman–Crippen MR) is 83.3 cm³/mol. The molecule has 0 aliphatic rings. The van der Waals surface area contributed by atoms with Gasteiger partial charge in [-0.25, -0.2) is 0 Å². The van der Waals surface area contributed by atoms with Crippen molar-refractivity contribution in [1.82, 2.24) is 5.32 Å². The summed E-state index contributed by atoms with van der Waals surface area (Å²) in [5.41, 5.74) is 0.667. The van der Waals surface area contributed by atoms with E-state index in [0.717, 1.165) is 6.42 Å². The van der Waals surface area contributed by atoms with Crippen LogP contribution in [0.15, 0.2) is 18.2 Å². The fraction of sp³-hybridized carbons (Fsp3) is 0.467. The van der Waals surface area contributed by atoms with Crippen molar-refractivity contribution in [3.05, 3.63) is 33.8 Å². The van der Waals surface area contributed by atoms with Gasteiger partial charge in [0.25, 0.3) is 0 Å². The second kappa shape index (κ2) is 8.90. The molecule has 0 aromatic heterocycles. The van der Waals surface area contributed by atoms with E-state index in [1.807, 2.05) is 13.8 Å². The number of hydrogen-bond acceptors (Lipinski definition) is 3. The maximum Gasteiger partial charge on any atom is 0.325 e. The van der Waals surface area contributed by atoms with Gasteiger partial charge in [0.05, 0.1) is 0 Å². The highest BCUT2D eigenvalue weighted by Crippen LogP contribution is 2.21. The first-order valence-electron chi connectivity index (χ1n) is 6.74. The van der Waals surface area contributed by atoms with E-state index in [4.69, 9.17) is 27.9 Å². The molecule has 0 aliphatic heterocycles. The third-order valence-electron chi connectivity index (χ3n) is 2.78. The molecule has 1 aromatic rings. The Morgan fingerprint density at radius 2 is 2.00 bits per heavy atom. The molecule has 0 aliphatic carbocycles. The molecule has 1 amide bonds. The van der Waals surface area contributed by atoms with Gasteiger partial charge in [-0.1, -0.05) is 43.1 Å². The van der Waals surface area contributed by atoms with E-state index in [2.05, 4.69) is 5.32 Å². The van der Waals surface area contributed by atoms with Crippen LogP contribution >= 0.6 is 23.2 Å². The first-order valence-corrected chi connectivity index (χ1v) is 7.50. The minimum Gasteiger partial charge on any atom is -0.459 e. The minimum atomic E-state index is -0.501. The molecule has 1 N–H and O–H groups in total. The highest BCUT2D eigenvalue weighted by molar-refractivity contribution is 6.35. The number of halogens is 2. The molecule has 1 rings (SSSR count). The third-order valence-corrected chi connectivity index (χ3v) is 3.37. The molecule has 0 fully saturated rings. The zero-order chi connectivity index (χ0) is 15.8. The fourth-order valence-electron chi connectivity index (χ4n) is 1.53. The van der Waals surface area contributed by atoms with Gasteiger partial charge in [0, 0.05) is 22.0 Å². The average molecular weight is 332 g/mol. The summed E-state index contributed by atoms with van der Waals surface area (Å²) in [5.74, 6) is -0.196. The summed E-state index contributed by atoms with van der Waals surface area (Å²) < 4.78 is 5.04. The highest BCUT2D eigenvalue weighted by Gasteiger charge is 2.09. The van der Waals surface area contributed by atoms with Crippen LogP contribution < -0.4 is 5.32 Å². The van der Waals surface area contributed by atoms with Crippen LogP contribution in [0.3, 0.4) is 0 Å². The lowest BCUT2D eigenvalue weighted by Gasteiger charge is -2.08. The van der Waals surface area contributed by atoms with Crippen LogP contribution in [0.25, 0.3) is 0 Å². The normalized spacial score (nSPS) is 10.5. The van der Waals surface area contributed by atoms with Crippen LogP contribution in [-0.2, 0) is 20.9 Å². The zero-order valence-corrected chi connectivity index (χ0v) is 13.6. The summed E-state index contributed by atoms with van der Waals surface area (Å²) in [7, 11) is 0. The van der Waals surface area contributed by atoms with Gasteiger partial charge in [-0.15, -0.1) is 0 Å². The number of carbonyl (C=O) groups is 2. The number of amides is 1. The maximum atomic E-state index is 11.5. The summed E-state index contributed by atoms with van der Waals surface area (Å²) in [4.78, 5) is 23.0. The number of rotatable bonds is 7. The van der Waals surface area contributed by atoms with E-state index < -0.39 is 5.97 Å². The van der Waals surface area contributed by atoms with E-state index in [1.165, 1.54) is 0 Å². The third kappa shape index (κ3) is 7.34. The standard InChI is InChI=1S/C15H19Cl2NO3/c1-10(2)3-6-14(19)18-8-15(20)21-9-11-4-5-12(16)7-13(11)17/h4-5,7,10H,3,6,8-9H2,1-2H3,(H,18,19). The van der Waals surface area contributed by atoms with Crippen LogP contribution in [0.2, 0.25) is 10.0 Å². The Bertz CT molecular complexity index is 504. The van der Waals surface area contributed by atoms with Gasteiger partial charge in [-0.05, 0) is 24.5 Å². The molecule has 116 valence electrons. The first-order chi connectivity index (χ1) is 9.88. The molecule has 1 aromatic carbocycles. The highest BCUT2D eigenvalue weighted by atomic mass is 35.5. The largest absolute Gasteiger partial charge is 0.459 e. The Kier molecular flexibility index (Phi) is 7.54. The van der Waals surface area contributed by atoms with Crippen molar-refractivity contribution in [2.45, 2.75) is 33.3 Å². The minimum absolute atomic E-state index is 0.0523. The van der Waals surface area contributed by atoms with Gasteiger partial charge in [-0.2, -0.15) is 0 Å². The summed E-state index contributed by atoms with van der Waals surface area (Å²) >= 11 is 11.7. The topological polar surface area (TPSA) is 55.4 Å². The molecule has 21 heavy (non-hydrogen) atoms. The van der Waals surface area contributed by atoms with Crippen molar-refractivity contribution in [2.24, 2.45) is 5.92 Å². The molecular formula is C15H19Cl2NO3. The van der Waals surface area contributed by atoms with Gasteiger partial charge >= 0.3 is 5.97 Å². The van der Waals surface area contributed by atoms with E-state index >= 15 is 0 Å². The summed E-state index contributed by atoms with van der Waals surface area (Å²) in [6, 6.07) is 4.95. The SMILES string of the molecule is CC(C)CCC(=O)NCC(=O)OCc1ccc(Cl)cc1Cl. The van der Waals surface area contributed by atoms with Crippen LogP contribution in [0.4, 0.5) is 0 Å². The van der Waals surface area contributed by atoms with E-state index in [0.29, 0.717) is 27.9 Å². The zero-order valence-electron chi connectivity index (χ0n) is 12.1. The molecule has 0 bridgehead atoms. The number of ether oxygens (including phenoxy) is 1. The molecule has 4 nitrogen and oxygen atoms in total. The second-order valence-corrected chi connectivity index (χ2v) is 5.95. The van der Waals surface area contributed by atoms with Crippen LogP contribution in [0.5, 0.6) is 0 Å². The Morgan fingerprint density at radius 3 is 2.62 bits per heavy atom. The maximum absolute atomic E-state index is 11.5. The Hall–Kier alpha value is -1.26. The van der Waals surface area contributed by atoms with E-state index in [-0.39, 0.29) is 19.1 Å². The lowest BCUT2D eigenvalue weighted by atomic mass is 10.1. The van der Waals surface area contributed by atoms with Crippen molar-refractivity contribution < 1.29 is 14.3 Å². The molecule has 6 heteroatoms. The number of benzene rings is 1. The van der Waals surface area contributed by atoms with Gasteiger partial charge in [0.2, 0.25) is 5.91 Å². The van der Waals surface area contributed by atoms with Crippen molar-refractivity contribution >= 4 is 35.1 Å². The van der Waals surface area contributed by atoms with Crippen molar-refractivity contribution in [3.63, 3.8) is 0 Å². The summed E-state index contributed by atoms with van der Waals surface area (Å²) in [6.45, 7) is 3.99. The van der Waals surface area contributed by atoms with Gasteiger partial charge in [-0.3, -0.25) is 9.59 Å². The summed E-state index contributed by atoms with van der Waals surface area (Å²) in [5, 5.41) is 3.49. The number of nitrogens with one attached hydrogen (secondary N) is 1. The molecular weight excluding hydrogens is 313 g/mol. The molecule has 0 radical (unpaired) electrons. The van der Waals surface area contributed by atoms with Crippen molar-refractivity contribution in [3.8, 4) is 0 Å². The Balaban J connectivity index is 2.29. The lowest BCUT2D eigenvalue weighted by molar-refractivity contribution is -0.145.